The first-order valence-electron chi connectivity index (χ1n) is 7.00. The van der Waals surface area contributed by atoms with Crippen LogP contribution in [-0.4, -0.2) is 17.1 Å². The molecule has 0 radical (unpaired) electrons. The summed E-state index contributed by atoms with van der Waals surface area (Å²) in [5, 5.41) is 6.12. The maximum Gasteiger partial charge on any atom is 0.213 e. The number of halogens is 1. The molecule has 2 aromatic rings. The fraction of sp³-hybridized carbons (Fsp3) is 0.438. The van der Waals surface area contributed by atoms with Gasteiger partial charge >= 0.3 is 0 Å². The zero-order valence-electron chi connectivity index (χ0n) is 12.6. The molecule has 0 aliphatic carbocycles. The molecule has 3 nitrogen and oxygen atoms in total. The van der Waals surface area contributed by atoms with Crippen LogP contribution in [0.25, 0.3) is 0 Å². The largest absolute Gasteiger partial charge is 0.477 e. The van der Waals surface area contributed by atoms with Gasteiger partial charge in [-0.1, -0.05) is 17.7 Å². The second-order valence-electron chi connectivity index (χ2n) is 5.86. The van der Waals surface area contributed by atoms with Crippen molar-refractivity contribution in [2.24, 2.45) is 0 Å². The van der Waals surface area contributed by atoms with E-state index in [-0.39, 0.29) is 5.54 Å². The van der Waals surface area contributed by atoms with Gasteiger partial charge < -0.3 is 10.1 Å². The molecule has 114 valence electrons. The van der Waals surface area contributed by atoms with Gasteiger partial charge in [0.2, 0.25) is 5.88 Å². The Morgan fingerprint density at radius 3 is 2.76 bits per heavy atom. The Bertz CT molecular complexity index is 564. The molecule has 21 heavy (non-hydrogen) atoms. The number of hydrogen-bond acceptors (Lipinski definition) is 4. The average molecular weight is 325 g/mol. The van der Waals surface area contributed by atoms with Crippen LogP contribution in [0.2, 0.25) is 5.02 Å². The molecule has 0 aliphatic rings. The minimum atomic E-state index is 0.0288. The van der Waals surface area contributed by atoms with E-state index in [9.17, 15) is 0 Å². The summed E-state index contributed by atoms with van der Waals surface area (Å²) < 4.78 is 5.72. The second kappa shape index (κ2) is 7.25. The Morgan fingerprint density at radius 2 is 2.10 bits per heavy atom. The van der Waals surface area contributed by atoms with Gasteiger partial charge in [-0.25, -0.2) is 4.98 Å². The highest BCUT2D eigenvalue weighted by Gasteiger charge is 2.11. The lowest BCUT2D eigenvalue weighted by molar-refractivity contribution is 0.308. The third-order valence-electron chi connectivity index (χ3n) is 2.86. The van der Waals surface area contributed by atoms with Crippen LogP contribution < -0.4 is 10.1 Å². The molecule has 0 amide bonds. The molecule has 0 saturated carbocycles. The number of thiophene rings is 1. The highest BCUT2D eigenvalue weighted by atomic mass is 35.5. The molecule has 0 bridgehead atoms. The summed E-state index contributed by atoms with van der Waals surface area (Å²) in [6.45, 7) is 7.60. The van der Waals surface area contributed by atoms with Crippen molar-refractivity contribution in [2.45, 2.75) is 39.3 Å². The fourth-order valence-electron chi connectivity index (χ4n) is 1.73. The molecule has 0 aromatic carbocycles. The van der Waals surface area contributed by atoms with Gasteiger partial charge in [-0.15, -0.1) is 11.3 Å². The molecule has 0 aliphatic heterocycles. The Labute approximate surface area is 135 Å². The molecule has 0 fully saturated rings. The van der Waals surface area contributed by atoms with Crippen molar-refractivity contribution in [3.8, 4) is 5.88 Å². The van der Waals surface area contributed by atoms with E-state index in [2.05, 4.69) is 48.6 Å². The average Bonchev–Trinajstić information content (AvgIpc) is 2.91. The smallest absolute Gasteiger partial charge is 0.213 e. The Balaban J connectivity index is 1.91. The van der Waals surface area contributed by atoms with E-state index in [1.807, 2.05) is 12.1 Å². The number of hydrogen-bond donors (Lipinski definition) is 1. The zero-order chi connectivity index (χ0) is 15.3. The van der Waals surface area contributed by atoms with Crippen molar-refractivity contribution in [3.63, 3.8) is 0 Å². The van der Waals surface area contributed by atoms with E-state index in [0.717, 1.165) is 12.1 Å². The van der Waals surface area contributed by atoms with E-state index in [1.165, 1.54) is 4.88 Å². The van der Waals surface area contributed by atoms with E-state index >= 15 is 0 Å². The van der Waals surface area contributed by atoms with Crippen LogP contribution in [0.15, 0.2) is 29.6 Å². The highest BCUT2D eigenvalue weighted by Crippen LogP contribution is 2.19. The van der Waals surface area contributed by atoms with Crippen molar-refractivity contribution in [2.75, 3.05) is 6.61 Å². The van der Waals surface area contributed by atoms with E-state index in [0.29, 0.717) is 24.1 Å². The predicted octanol–water partition coefficient (Wildman–Crippen LogP) is 4.31. The second-order valence-corrected chi connectivity index (χ2v) is 7.30. The quantitative estimate of drug-likeness (QED) is 0.860. The van der Waals surface area contributed by atoms with Crippen molar-refractivity contribution in [3.05, 3.63) is 45.2 Å². The molecule has 2 heterocycles. The van der Waals surface area contributed by atoms with Crippen LogP contribution in [0.5, 0.6) is 5.88 Å². The summed E-state index contributed by atoms with van der Waals surface area (Å²) in [6.07, 6.45) is 0.900. The summed E-state index contributed by atoms with van der Waals surface area (Å²) >= 11 is 7.93. The number of nitrogens with one attached hydrogen (secondary N) is 1. The topological polar surface area (TPSA) is 34.2 Å². The highest BCUT2D eigenvalue weighted by molar-refractivity contribution is 7.09. The van der Waals surface area contributed by atoms with Crippen molar-refractivity contribution < 1.29 is 4.74 Å². The molecular weight excluding hydrogens is 304 g/mol. The fourth-order valence-corrected chi connectivity index (χ4v) is 2.59. The number of aromatic nitrogens is 1. The van der Waals surface area contributed by atoms with Crippen LogP contribution in [-0.2, 0) is 13.0 Å². The number of pyridine rings is 1. The van der Waals surface area contributed by atoms with Crippen LogP contribution in [0, 0.1) is 0 Å². The van der Waals surface area contributed by atoms with Crippen LogP contribution >= 0.6 is 22.9 Å². The first-order valence-corrected chi connectivity index (χ1v) is 8.25. The molecule has 0 spiro atoms. The normalized spacial score (nSPS) is 11.6. The molecule has 1 N–H and O–H groups in total. The lowest BCUT2D eigenvalue weighted by Gasteiger charge is -2.20. The maximum atomic E-state index is 6.18. The summed E-state index contributed by atoms with van der Waals surface area (Å²) in [5.74, 6) is 0.627. The van der Waals surface area contributed by atoms with Gasteiger partial charge in [-0.05, 0) is 38.3 Å². The van der Waals surface area contributed by atoms with Gasteiger partial charge in [0.15, 0.2) is 0 Å². The summed E-state index contributed by atoms with van der Waals surface area (Å²) in [6, 6.07) is 7.82. The Morgan fingerprint density at radius 1 is 1.29 bits per heavy atom. The molecule has 2 rings (SSSR count). The first-order chi connectivity index (χ1) is 9.94. The number of ether oxygens (including phenoxy) is 1. The Kier molecular flexibility index (Phi) is 5.62. The van der Waals surface area contributed by atoms with Crippen LogP contribution in [0.1, 0.15) is 31.3 Å². The van der Waals surface area contributed by atoms with Gasteiger partial charge in [-0.2, -0.15) is 0 Å². The van der Waals surface area contributed by atoms with Crippen LogP contribution in [0.3, 0.4) is 0 Å². The predicted molar refractivity (Wildman–Crippen MR) is 89.4 cm³/mol. The molecule has 5 heteroatoms. The maximum absolute atomic E-state index is 6.18. The van der Waals surface area contributed by atoms with E-state index < -0.39 is 0 Å². The molecular formula is C16H21ClN2OS. The van der Waals surface area contributed by atoms with Crippen molar-refractivity contribution in [1.82, 2.24) is 10.3 Å². The SMILES string of the molecule is CC(C)(C)NCc1nc(OCCc2cccs2)ccc1Cl. The molecule has 0 saturated heterocycles. The van der Waals surface area contributed by atoms with Gasteiger partial charge in [0.05, 0.1) is 17.3 Å². The van der Waals surface area contributed by atoms with E-state index in [4.69, 9.17) is 16.3 Å². The van der Waals surface area contributed by atoms with Crippen molar-refractivity contribution in [1.29, 1.82) is 0 Å². The van der Waals surface area contributed by atoms with Gasteiger partial charge in [0, 0.05) is 29.4 Å². The third-order valence-corrected chi connectivity index (χ3v) is 4.14. The monoisotopic (exact) mass is 324 g/mol. The van der Waals surface area contributed by atoms with Crippen molar-refractivity contribution >= 4 is 22.9 Å². The summed E-state index contributed by atoms with van der Waals surface area (Å²) in [5.41, 5.74) is 0.848. The van der Waals surface area contributed by atoms with Gasteiger partial charge in [0.25, 0.3) is 0 Å². The lowest BCUT2D eigenvalue weighted by atomic mass is 10.1. The van der Waals surface area contributed by atoms with Crippen LogP contribution in [0.4, 0.5) is 0 Å². The van der Waals surface area contributed by atoms with Gasteiger partial charge in [-0.3, -0.25) is 0 Å². The van der Waals surface area contributed by atoms with E-state index in [1.54, 1.807) is 11.3 Å². The number of rotatable bonds is 6. The summed E-state index contributed by atoms with van der Waals surface area (Å²) in [7, 11) is 0. The standard InChI is InChI=1S/C16H21ClN2OS/c1-16(2,3)18-11-14-13(17)6-7-15(19-14)20-9-8-12-5-4-10-21-12/h4-7,10,18H,8-9,11H2,1-3H3. The molecule has 2 aromatic heterocycles. The molecule has 0 unspecified atom stereocenters. The third kappa shape index (κ3) is 5.65. The van der Waals surface area contributed by atoms with Gasteiger partial charge in [0.1, 0.15) is 0 Å². The Hall–Kier alpha value is -1.10. The summed E-state index contributed by atoms with van der Waals surface area (Å²) in [4.78, 5) is 5.80. The minimum Gasteiger partial charge on any atom is -0.477 e. The lowest BCUT2D eigenvalue weighted by Crippen LogP contribution is -2.35. The molecule has 0 atom stereocenters. The minimum absolute atomic E-state index is 0.0288. The zero-order valence-corrected chi connectivity index (χ0v) is 14.2. The number of nitrogens with zero attached hydrogens (tertiary/aromatic N) is 1. The first kappa shape index (κ1) is 16.3.